The molecule has 106 valence electrons. The SMILES string of the molecule is O=c1[nH]ccc2cc(S(=O)C3CCNCC3)c(Cl)cc12. The quantitative estimate of drug-likeness (QED) is 0.892. The van der Waals surface area contributed by atoms with Gasteiger partial charge < -0.3 is 10.3 Å². The minimum atomic E-state index is -1.13. The highest BCUT2D eigenvalue weighted by Crippen LogP contribution is 2.28. The standard InChI is InChI=1S/C14H15ClN2O2S/c15-12-8-11-9(1-6-17-14(11)18)7-13(12)20(19)10-2-4-16-5-3-10/h1,6-8,10,16H,2-5H2,(H,17,18). The molecular weight excluding hydrogens is 296 g/mol. The average molecular weight is 311 g/mol. The highest BCUT2D eigenvalue weighted by molar-refractivity contribution is 7.85. The first-order valence-corrected chi connectivity index (χ1v) is 8.18. The Kier molecular flexibility index (Phi) is 3.92. The molecule has 4 nitrogen and oxygen atoms in total. The zero-order chi connectivity index (χ0) is 14.1. The van der Waals surface area contributed by atoms with E-state index in [-0.39, 0.29) is 10.8 Å². The number of aromatic amines is 1. The Morgan fingerprint density at radius 2 is 2.00 bits per heavy atom. The van der Waals surface area contributed by atoms with Crippen molar-refractivity contribution in [1.29, 1.82) is 0 Å². The molecule has 0 aliphatic carbocycles. The molecular formula is C14H15ClN2O2S. The molecule has 6 heteroatoms. The number of rotatable bonds is 2. The van der Waals surface area contributed by atoms with Gasteiger partial charge in [-0.1, -0.05) is 11.6 Å². The lowest BCUT2D eigenvalue weighted by atomic mass is 10.2. The molecule has 1 unspecified atom stereocenters. The minimum absolute atomic E-state index is 0.133. The van der Waals surface area contributed by atoms with Crippen molar-refractivity contribution >= 4 is 33.2 Å². The van der Waals surface area contributed by atoms with Gasteiger partial charge in [0.05, 0.1) is 20.7 Å². The van der Waals surface area contributed by atoms with Crippen LogP contribution in [0.3, 0.4) is 0 Å². The summed E-state index contributed by atoms with van der Waals surface area (Å²) in [5.74, 6) is 0. The summed E-state index contributed by atoms with van der Waals surface area (Å²) in [7, 11) is -1.13. The van der Waals surface area contributed by atoms with Gasteiger partial charge in [0.15, 0.2) is 0 Å². The summed E-state index contributed by atoms with van der Waals surface area (Å²) in [4.78, 5) is 15.0. The second-order valence-corrected chi connectivity index (χ2v) is 7.03. The van der Waals surface area contributed by atoms with E-state index in [0.29, 0.717) is 15.3 Å². The van der Waals surface area contributed by atoms with E-state index in [4.69, 9.17) is 11.6 Å². The molecule has 1 aromatic heterocycles. The molecule has 0 amide bonds. The van der Waals surface area contributed by atoms with Crippen LogP contribution in [-0.4, -0.2) is 27.5 Å². The molecule has 2 aromatic rings. The highest BCUT2D eigenvalue weighted by Gasteiger charge is 2.23. The number of fused-ring (bicyclic) bond motifs is 1. The molecule has 2 N–H and O–H groups in total. The van der Waals surface area contributed by atoms with E-state index >= 15 is 0 Å². The summed E-state index contributed by atoms with van der Waals surface area (Å²) in [5, 5.41) is 5.11. The summed E-state index contributed by atoms with van der Waals surface area (Å²) in [6.45, 7) is 1.78. The third-order valence-electron chi connectivity index (χ3n) is 3.63. The van der Waals surface area contributed by atoms with Gasteiger partial charge in [-0.15, -0.1) is 0 Å². The van der Waals surface area contributed by atoms with Gasteiger partial charge in [0, 0.05) is 16.8 Å². The molecule has 1 saturated heterocycles. The Morgan fingerprint density at radius 1 is 1.25 bits per heavy atom. The van der Waals surface area contributed by atoms with E-state index in [9.17, 15) is 9.00 Å². The molecule has 0 spiro atoms. The maximum atomic E-state index is 12.7. The fourth-order valence-electron chi connectivity index (χ4n) is 2.53. The molecule has 0 saturated carbocycles. The first kappa shape index (κ1) is 13.8. The zero-order valence-corrected chi connectivity index (χ0v) is 12.4. The monoisotopic (exact) mass is 310 g/mol. The van der Waals surface area contributed by atoms with Gasteiger partial charge in [-0.3, -0.25) is 9.00 Å². The molecule has 2 heterocycles. The van der Waals surface area contributed by atoms with Crippen LogP contribution in [0.5, 0.6) is 0 Å². The molecule has 1 aliphatic rings. The first-order valence-electron chi connectivity index (χ1n) is 6.59. The number of H-pyrrole nitrogens is 1. The van der Waals surface area contributed by atoms with Crippen molar-refractivity contribution in [3.63, 3.8) is 0 Å². The highest BCUT2D eigenvalue weighted by atomic mass is 35.5. The van der Waals surface area contributed by atoms with Crippen molar-refractivity contribution < 1.29 is 4.21 Å². The van der Waals surface area contributed by atoms with Crippen molar-refractivity contribution in [3.8, 4) is 0 Å². The number of piperidine rings is 1. The van der Waals surface area contributed by atoms with Crippen molar-refractivity contribution in [2.24, 2.45) is 0 Å². The fourth-order valence-corrected chi connectivity index (χ4v) is 4.44. The smallest absolute Gasteiger partial charge is 0.255 e. The van der Waals surface area contributed by atoms with Crippen molar-refractivity contribution in [2.75, 3.05) is 13.1 Å². The molecule has 1 fully saturated rings. The lowest BCUT2D eigenvalue weighted by Crippen LogP contribution is -2.33. The van der Waals surface area contributed by atoms with Crippen LogP contribution in [0.4, 0.5) is 0 Å². The molecule has 0 bridgehead atoms. The van der Waals surface area contributed by atoms with Crippen LogP contribution in [0, 0.1) is 0 Å². The van der Waals surface area contributed by atoms with Crippen LogP contribution < -0.4 is 10.9 Å². The van der Waals surface area contributed by atoms with Crippen LogP contribution in [0.1, 0.15) is 12.8 Å². The second kappa shape index (κ2) is 5.68. The predicted molar refractivity (Wildman–Crippen MR) is 81.9 cm³/mol. The summed E-state index contributed by atoms with van der Waals surface area (Å²) in [6.07, 6.45) is 3.36. The number of halogens is 1. The van der Waals surface area contributed by atoms with E-state index in [1.165, 1.54) is 0 Å². The van der Waals surface area contributed by atoms with Crippen molar-refractivity contribution in [3.05, 3.63) is 39.8 Å². The average Bonchev–Trinajstić information content (AvgIpc) is 2.48. The Hall–Kier alpha value is -1.17. The Bertz CT molecular complexity index is 723. The van der Waals surface area contributed by atoms with E-state index in [2.05, 4.69) is 10.3 Å². The molecule has 3 rings (SSSR count). The third kappa shape index (κ3) is 2.53. The number of hydrogen-bond donors (Lipinski definition) is 2. The number of pyridine rings is 1. The van der Waals surface area contributed by atoms with Gasteiger partial charge in [-0.05, 0) is 49.5 Å². The fraction of sp³-hybridized carbons (Fsp3) is 0.357. The predicted octanol–water partition coefficient (Wildman–Crippen LogP) is 2.04. The maximum Gasteiger partial charge on any atom is 0.255 e. The van der Waals surface area contributed by atoms with E-state index < -0.39 is 10.8 Å². The second-order valence-electron chi connectivity index (χ2n) is 4.92. The Balaban J connectivity index is 2.05. The van der Waals surface area contributed by atoms with Crippen molar-refractivity contribution in [2.45, 2.75) is 23.0 Å². The van der Waals surface area contributed by atoms with Gasteiger partial charge >= 0.3 is 0 Å². The summed E-state index contributed by atoms with van der Waals surface area (Å²) in [5.41, 5.74) is -0.177. The lowest BCUT2D eigenvalue weighted by Gasteiger charge is -2.22. The Labute approximate surface area is 124 Å². The molecule has 1 aromatic carbocycles. The normalized spacial score (nSPS) is 18.2. The van der Waals surface area contributed by atoms with Crippen LogP contribution in [-0.2, 0) is 10.8 Å². The van der Waals surface area contributed by atoms with Crippen LogP contribution in [0.15, 0.2) is 34.1 Å². The van der Waals surface area contributed by atoms with Gasteiger partial charge in [0.1, 0.15) is 0 Å². The Morgan fingerprint density at radius 3 is 2.75 bits per heavy atom. The van der Waals surface area contributed by atoms with Crippen molar-refractivity contribution in [1.82, 2.24) is 10.3 Å². The number of nitrogens with one attached hydrogen (secondary N) is 2. The summed E-state index contributed by atoms with van der Waals surface area (Å²) in [6, 6.07) is 5.20. The van der Waals surface area contributed by atoms with Gasteiger partial charge in [0.2, 0.25) is 0 Å². The topological polar surface area (TPSA) is 62.0 Å². The maximum absolute atomic E-state index is 12.7. The van der Waals surface area contributed by atoms with E-state index in [1.54, 1.807) is 24.4 Å². The van der Waals surface area contributed by atoms with Gasteiger partial charge in [-0.25, -0.2) is 0 Å². The number of hydrogen-bond acceptors (Lipinski definition) is 3. The zero-order valence-electron chi connectivity index (χ0n) is 10.8. The number of aromatic nitrogens is 1. The van der Waals surface area contributed by atoms with E-state index in [0.717, 1.165) is 31.3 Å². The summed E-state index contributed by atoms with van der Waals surface area (Å²) < 4.78 is 12.7. The van der Waals surface area contributed by atoms with Crippen LogP contribution in [0.25, 0.3) is 10.8 Å². The summed E-state index contributed by atoms with van der Waals surface area (Å²) >= 11 is 6.23. The molecule has 1 aliphatic heterocycles. The number of benzene rings is 1. The molecule has 0 radical (unpaired) electrons. The molecule has 20 heavy (non-hydrogen) atoms. The van der Waals surface area contributed by atoms with E-state index in [1.807, 2.05) is 0 Å². The lowest BCUT2D eigenvalue weighted by molar-refractivity contribution is 0.519. The van der Waals surface area contributed by atoms with Crippen LogP contribution >= 0.6 is 11.6 Å². The van der Waals surface area contributed by atoms with Gasteiger partial charge in [0.25, 0.3) is 5.56 Å². The minimum Gasteiger partial charge on any atom is -0.329 e. The molecule has 1 atom stereocenters. The van der Waals surface area contributed by atoms with Gasteiger partial charge in [-0.2, -0.15) is 0 Å². The largest absolute Gasteiger partial charge is 0.329 e. The van der Waals surface area contributed by atoms with Crippen LogP contribution in [0.2, 0.25) is 5.02 Å². The first-order chi connectivity index (χ1) is 9.66. The third-order valence-corrected chi connectivity index (χ3v) is 5.90.